The molecule has 0 bridgehead atoms. The van der Waals surface area contributed by atoms with Gasteiger partial charge in [-0.2, -0.15) is 0 Å². The molecule has 0 saturated carbocycles. The van der Waals surface area contributed by atoms with Gasteiger partial charge in [-0.3, -0.25) is 0 Å². The maximum atomic E-state index is 12.3. The van der Waals surface area contributed by atoms with Gasteiger partial charge in [-0.15, -0.1) is 0 Å². The molecule has 0 atom stereocenters. The fraction of sp³-hybridized carbons (Fsp3) is 1.00. The fourth-order valence-corrected chi connectivity index (χ4v) is 1.67. The average molecular weight is 201 g/mol. The van der Waals surface area contributed by atoms with Gasteiger partial charge >= 0.3 is 0 Å². The molecule has 0 spiro atoms. The van der Waals surface area contributed by atoms with Crippen LogP contribution in [0.15, 0.2) is 0 Å². The van der Waals surface area contributed by atoms with Crippen molar-refractivity contribution in [3.8, 4) is 0 Å². The molecule has 86 valence electrons. The summed E-state index contributed by atoms with van der Waals surface area (Å²) in [6.07, 6.45) is 6.66. The number of hydroxylamine groups is 3. The van der Waals surface area contributed by atoms with E-state index in [1.807, 2.05) is 0 Å². The van der Waals surface area contributed by atoms with Crippen LogP contribution in [0.25, 0.3) is 0 Å². The van der Waals surface area contributed by atoms with E-state index in [1.165, 1.54) is 0 Å². The zero-order valence-electron chi connectivity index (χ0n) is 10.2. The van der Waals surface area contributed by atoms with Gasteiger partial charge in [-0.25, -0.2) is 0 Å². The first-order valence-corrected chi connectivity index (χ1v) is 6.25. The van der Waals surface area contributed by atoms with Crippen LogP contribution in [0.2, 0.25) is 0 Å². The maximum Gasteiger partial charge on any atom is 0.0783 e. The van der Waals surface area contributed by atoms with Gasteiger partial charge in [0.15, 0.2) is 0 Å². The van der Waals surface area contributed by atoms with Gasteiger partial charge < -0.3 is 9.85 Å². The van der Waals surface area contributed by atoms with Gasteiger partial charge in [0.2, 0.25) is 0 Å². The van der Waals surface area contributed by atoms with Gasteiger partial charge in [-0.1, -0.05) is 40.0 Å². The van der Waals surface area contributed by atoms with Crippen LogP contribution in [0, 0.1) is 5.21 Å². The van der Waals surface area contributed by atoms with Crippen molar-refractivity contribution in [3.63, 3.8) is 0 Å². The third kappa shape index (κ3) is 6.39. The Morgan fingerprint density at radius 3 is 1.21 bits per heavy atom. The summed E-state index contributed by atoms with van der Waals surface area (Å²) < 4.78 is 0.0650. The molecule has 0 heterocycles. The first-order valence-electron chi connectivity index (χ1n) is 6.25. The Bertz CT molecular complexity index is 104. The second-order valence-corrected chi connectivity index (χ2v) is 4.29. The van der Waals surface area contributed by atoms with Crippen molar-refractivity contribution in [2.75, 3.05) is 19.6 Å². The lowest BCUT2D eigenvalue weighted by atomic mass is 10.2. The summed E-state index contributed by atoms with van der Waals surface area (Å²) in [6, 6.07) is 0. The molecule has 0 saturated heterocycles. The molecular weight excluding hydrogens is 174 g/mol. The smallest absolute Gasteiger partial charge is 0.0783 e. The van der Waals surface area contributed by atoms with Crippen molar-refractivity contribution >= 4 is 0 Å². The third-order valence-corrected chi connectivity index (χ3v) is 2.76. The topological polar surface area (TPSA) is 23.1 Å². The van der Waals surface area contributed by atoms with E-state index in [-0.39, 0.29) is 4.65 Å². The summed E-state index contributed by atoms with van der Waals surface area (Å²) in [6.45, 7) is 8.96. The van der Waals surface area contributed by atoms with Crippen molar-refractivity contribution in [3.05, 3.63) is 5.21 Å². The van der Waals surface area contributed by atoms with E-state index in [0.29, 0.717) is 0 Å². The summed E-state index contributed by atoms with van der Waals surface area (Å²) in [5.74, 6) is 0. The van der Waals surface area contributed by atoms with Gasteiger partial charge in [-0.05, 0) is 19.3 Å². The van der Waals surface area contributed by atoms with Crippen molar-refractivity contribution in [1.82, 2.24) is 0 Å². The maximum absolute atomic E-state index is 12.3. The van der Waals surface area contributed by atoms with Crippen LogP contribution in [0.5, 0.6) is 0 Å². The first kappa shape index (κ1) is 13.9. The molecule has 14 heavy (non-hydrogen) atoms. The number of rotatable bonds is 9. The van der Waals surface area contributed by atoms with Gasteiger partial charge in [0.25, 0.3) is 0 Å². The van der Waals surface area contributed by atoms with Crippen LogP contribution >= 0.6 is 0 Å². The highest BCUT2D eigenvalue weighted by Crippen LogP contribution is 2.12. The van der Waals surface area contributed by atoms with Crippen LogP contribution in [-0.2, 0) is 0 Å². The van der Waals surface area contributed by atoms with Gasteiger partial charge in [0.05, 0.1) is 19.6 Å². The minimum Gasteiger partial charge on any atom is -0.633 e. The van der Waals surface area contributed by atoms with E-state index in [2.05, 4.69) is 20.8 Å². The number of nitrogens with zero attached hydrogens (tertiary/aromatic N) is 1. The lowest BCUT2D eigenvalue weighted by Crippen LogP contribution is -2.44. The van der Waals surface area contributed by atoms with E-state index in [4.69, 9.17) is 0 Å². The molecule has 0 radical (unpaired) electrons. The lowest BCUT2D eigenvalue weighted by molar-refractivity contribution is -0.881. The number of unbranched alkanes of at least 4 members (excludes halogenated alkanes) is 3. The minimum absolute atomic E-state index is 0.0650. The van der Waals surface area contributed by atoms with Gasteiger partial charge in [0.1, 0.15) is 0 Å². The Labute approximate surface area is 89.5 Å². The molecular formula is C12H27NO. The number of quaternary nitrogens is 1. The molecule has 0 aliphatic carbocycles. The summed E-state index contributed by atoms with van der Waals surface area (Å²) in [5, 5.41) is 12.3. The molecule has 0 aliphatic heterocycles. The van der Waals surface area contributed by atoms with E-state index in [1.54, 1.807) is 0 Å². The molecule has 0 rings (SSSR count). The zero-order valence-corrected chi connectivity index (χ0v) is 10.2. The van der Waals surface area contributed by atoms with Crippen LogP contribution in [0.3, 0.4) is 0 Å². The van der Waals surface area contributed by atoms with Crippen molar-refractivity contribution in [2.45, 2.75) is 59.3 Å². The summed E-state index contributed by atoms with van der Waals surface area (Å²) >= 11 is 0. The molecule has 0 N–H and O–H groups in total. The standard InChI is InChI=1S/C12H27NO/c1-4-7-10-13(14,11-8-5-2)12-9-6-3/h4-12H2,1-3H3. The second-order valence-electron chi connectivity index (χ2n) is 4.29. The Morgan fingerprint density at radius 1 is 0.714 bits per heavy atom. The predicted octanol–water partition coefficient (Wildman–Crippen LogP) is 3.70. The lowest BCUT2D eigenvalue weighted by Gasteiger charge is -2.43. The Morgan fingerprint density at radius 2 is 1.00 bits per heavy atom. The number of hydrogen-bond acceptors (Lipinski definition) is 1. The summed E-state index contributed by atoms with van der Waals surface area (Å²) in [4.78, 5) is 0. The highest BCUT2D eigenvalue weighted by molar-refractivity contribution is 4.47. The molecule has 2 heteroatoms. The van der Waals surface area contributed by atoms with E-state index >= 15 is 0 Å². The van der Waals surface area contributed by atoms with E-state index < -0.39 is 0 Å². The largest absolute Gasteiger partial charge is 0.633 e. The van der Waals surface area contributed by atoms with Crippen LogP contribution in [-0.4, -0.2) is 24.3 Å². The highest BCUT2D eigenvalue weighted by atomic mass is 16.5. The first-order chi connectivity index (χ1) is 6.68. The van der Waals surface area contributed by atoms with E-state index in [0.717, 1.165) is 58.2 Å². The normalized spacial score (nSPS) is 12.0. The molecule has 0 amide bonds. The van der Waals surface area contributed by atoms with Crippen LogP contribution < -0.4 is 0 Å². The summed E-state index contributed by atoms with van der Waals surface area (Å²) in [5.41, 5.74) is 0. The van der Waals surface area contributed by atoms with Crippen molar-refractivity contribution in [1.29, 1.82) is 0 Å². The average Bonchev–Trinajstić information content (AvgIpc) is 2.21. The SMILES string of the molecule is CCCC[N+]([O-])(CCCC)CCCC. The molecule has 0 unspecified atom stereocenters. The van der Waals surface area contributed by atoms with Gasteiger partial charge in [0, 0.05) is 0 Å². The Kier molecular flexibility index (Phi) is 8.20. The van der Waals surface area contributed by atoms with Crippen LogP contribution in [0.1, 0.15) is 59.3 Å². The molecule has 0 aromatic rings. The Hall–Kier alpha value is -0.0800. The zero-order chi connectivity index (χ0) is 10.9. The molecule has 2 nitrogen and oxygen atoms in total. The Balaban J connectivity index is 3.89. The molecule has 0 fully saturated rings. The highest BCUT2D eigenvalue weighted by Gasteiger charge is 2.14. The number of hydrogen-bond donors (Lipinski definition) is 0. The predicted molar refractivity (Wildman–Crippen MR) is 63.0 cm³/mol. The summed E-state index contributed by atoms with van der Waals surface area (Å²) in [7, 11) is 0. The third-order valence-electron chi connectivity index (χ3n) is 2.76. The molecule has 0 aliphatic rings. The van der Waals surface area contributed by atoms with Crippen LogP contribution in [0.4, 0.5) is 0 Å². The molecule has 0 aromatic carbocycles. The monoisotopic (exact) mass is 201 g/mol. The quantitative estimate of drug-likeness (QED) is 0.412. The van der Waals surface area contributed by atoms with Crippen molar-refractivity contribution in [2.24, 2.45) is 0 Å². The second kappa shape index (κ2) is 8.25. The van der Waals surface area contributed by atoms with E-state index in [9.17, 15) is 5.21 Å². The molecule has 0 aromatic heterocycles. The minimum atomic E-state index is 0.0650. The van der Waals surface area contributed by atoms with Crippen molar-refractivity contribution < 1.29 is 4.65 Å². The fourth-order valence-electron chi connectivity index (χ4n) is 1.67.